The summed E-state index contributed by atoms with van der Waals surface area (Å²) in [6, 6.07) is 0. The molecule has 0 spiro atoms. The Morgan fingerprint density at radius 3 is 1.36 bits per heavy atom. The number of hydrogen-bond acceptors (Lipinski definition) is 0. The average molecular weight is 278 g/mol. The van der Waals surface area contributed by atoms with Crippen molar-refractivity contribution < 1.29 is 24.0 Å². The molecule has 0 N–H and O–H groups in total. The fraction of sp³-hybridized carbons (Fsp3) is 0.889. The molecule has 0 aliphatic rings. The largest absolute Gasteiger partial charge is 2.00 e. The average Bonchev–Trinajstić information content (AvgIpc) is 1.62. The first-order valence-electron chi connectivity index (χ1n) is 3.69. The molecule has 0 heterocycles. The molecule has 0 fully saturated rings. The third kappa shape index (κ3) is 7.84. The summed E-state index contributed by atoms with van der Waals surface area (Å²) in [5, 5.41) is 0. The van der Waals surface area contributed by atoms with Crippen molar-refractivity contribution in [3.05, 3.63) is 5.92 Å². The maximum atomic E-state index is 2.27. The zero-order valence-electron chi connectivity index (χ0n) is 8.66. The fourth-order valence-corrected chi connectivity index (χ4v) is 0.866. The molecular formula is C9H19IMg. The van der Waals surface area contributed by atoms with Crippen LogP contribution in [0.2, 0.25) is 0 Å². The smallest absolute Gasteiger partial charge is 1.00 e. The molecule has 0 saturated heterocycles. The SMILES string of the molecule is C[C-](C(C)C)C(C)(C)C.[I-].[Mg+2]. The molecule has 0 aromatic carbocycles. The second-order valence-corrected chi connectivity index (χ2v) is 4.09. The minimum absolute atomic E-state index is 0. The Bertz CT molecular complexity index is 84.1. The summed E-state index contributed by atoms with van der Waals surface area (Å²) in [5.41, 5.74) is 0.397. The summed E-state index contributed by atoms with van der Waals surface area (Å²) in [6.07, 6.45) is 0. The fourth-order valence-electron chi connectivity index (χ4n) is 0.866. The molecule has 0 aromatic heterocycles. The van der Waals surface area contributed by atoms with Crippen LogP contribution in [0.5, 0.6) is 0 Å². The van der Waals surface area contributed by atoms with Crippen LogP contribution in [0.3, 0.4) is 0 Å². The molecular weight excluding hydrogens is 259 g/mol. The summed E-state index contributed by atoms with van der Waals surface area (Å²) in [6.45, 7) is 13.5. The van der Waals surface area contributed by atoms with E-state index < -0.39 is 0 Å². The van der Waals surface area contributed by atoms with Crippen LogP contribution in [0.1, 0.15) is 41.5 Å². The van der Waals surface area contributed by atoms with Gasteiger partial charge in [-0.25, -0.2) is 0 Å². The Kier molecular flexibility index (Phi) is 11.6. The van der Waals surface area contributed by atoms with Gasteiger partial charge in [-0.1, -0.05) is 34.6 Å². The topological polar surface area (TPSA) is 0 Å². The molecule has 0 bridgehead atoms. The van der Waals surface area contributed by atoms with E-state index in [0.717, 1.165) is 5.92 Å². The number of halogens is 1. The summed E-state index contributed by atoms with van der Waals surface area (Å²) >= 11 is 0. The van der Waals surface area contributed by atoms with Crippen LogP contribution in [0, 0.1) is 17.3 Å². The van der Waals surface area contributed by atoms with Gasteiger partial charge in [-0.2, -0.15) is 18.3 Å². The Labute approximate surface area is 105 Å². The van der Waals surface area contributed by atoms with Crippen LogP contribution in [-0.4, -0.2) is 23.1 Å². The van der Waals surface area contributed by atoms with E-state index in [9.17, 15) is 0 Å². The molecule has 0 aromatic rings. The van der Waals surface area contributed by atoms with Crippen molar-refractivity contribution in [1.82, 2.24) is 0 Å². The van der Waals surface area contributed by atoms with E-state index >= 15 is 0 Å². The van der Waals surface area contributed by atoms with Gasteiger partial charge < -0.3 is 29.9 Å². The van der Waals surface area contributed by atoms with Crippen molar-refractivity contribution in [2.24, 2.45) is 11.3 Å². The first-order chi connectivity index (χ1) is 3.85. The Morgan fingerprint density at radius 2 is 1.36 bits per heavy atom. The molecule has 0 atom stereocenters. The van der Waals surface area contributed by atoms with Crippen molar-refractivity contribution in [3.63, 3.8) is 0 Å². The van der Waals surface area contributed by atoms with Gasteiger partial charge >= 0.3 is 23.1 Å². The van der Waals surface area contributed by atoms with Crippen molar-refractivity contribution in [3.8, 4) is 0 Å². The molecule has 64 valence electrons. The molecule has 0 aliphatic carbocycles. The second-order valence-electron chi connectivity index (χ2n) is 4.09. The van der Waals surface area contributed by atoms with Crippen LogP contribution < -0.4 is 24.0 Å². The zero-order chi connectivity index (χ0) is 7.65. The first-order valence-corrected chi connectivity index (χ1v) is 3.69. The van der Waals surface area contributed by atoms with E-state index in [2.05, 4.69) is 41.5 Å². The van der Waals surface area contributed by atoms with Gasteiger partial charge in [0, 0.05) is 0 Å². The van der Waals surface area contributed by atoms with E-state index in [0.29, 0.717) is 5.41 Å². The van der Waals surface area contributed by atoms with Crippen molar-refractivity contribution in [2.45, 2.75) is 41.5 Å². The minimum Gasteiger partial charge on any atom is -1.00 e. The van der Waals surface area contributed by atoms with Crippen molar-refractivity contribution >= 4 is 23.1 Å². The van der Waals surface area contributed by atoms with E-state index in [4.69, 9.17) is 0 Å². The normalized spacial score (nSPS) is 10.9. The van der Waals surface area contributed by atoms with Crippen LogP contribution in [0.25, 0.3) is 0 Å². The van der Waals surface area contributed by atoms with E-state index in [1.165, 1.54) is 0 Å². The maximum absolute atomic E-state index is 2.27. The molecule has 0 rings (SSSR count). The third-order valence-electron chi connectivity index (χ3n) is 2.05. The van der Waals surface area contributed by atoms with Crippen molar-refractivity contribution in [2.75, 3.05) is 0 Å². The summed E-state index contributed by atoms with van der Waals surface area (Å²) < 4.78 is 0. The number of hydrogen-bond donors (Lipinski definition) is 0. The number of rotatable bonds is 1. The van der Waals surface area contributed by atoms with Gasteiger partial charge in [0.05, 0.1) is 0 Å². The standard InChI is InChI=1S/C9H19.HI.Mg/c1-7(2)8(3)9(4,5)6;;/h7H,1-6H3;1H;/q-1;;+2/p-1. The first kappa shape index (κ1) is 18.3. The summed E-state index contributed by atoms with van der Waals surface area (Å²) in [4.78, 5) is 0. The minimum atomic E-state index is 0. The molecule has 0 saturated carbocycles. The van der Waals surface area contributed by atoms with E-state index in [1.54, 1.807) is 5.92 Å². The van der Waals surface area contributed by atoms with Gasteiger partial charge in [0.1, 0.15) is 0 Å². The summed E-state index contributed by atoms with van der Waals surface area (Å²) in [5.74, 6) is 2.31. The van der Waals surface area contributed by atoms with Gasteiger partial charge in [0.25, 0.3) is 0 Å². The maximum Gasteiger partial charge on any atom is 2.00 e. The Balaban J connectivity index is -0.000000320. The van der Waals surface area contributed by atoms with E-state index in [-0.39, 0.29) is 47.0 Å². The van der Waals surface area contributed by atoms with E-state index in [1.807, 2.05) is 0 Å². The van der Waals surface area contributed by atoms with Gasteiger partial charge in [-0.15, -0.1) is 0 Å². The van der Waals surface area contributed by atoms with Gasteiger partial charge in [0.15, 0.2) is 0 Å². The zero-order valence-corrected chi connectivity index (χ0v) is 12.2. The Hall–Kier alpha value is 1.50. The van der Waals surface area contributed by atoms with Crippen LogP contribution in [0.4, 0.5) is 0 Å². The monoisotopic (exact) mass is 278 g/mol. The molecule has 11 heavy (non-hydrogen) atoms. The summed E-state index contributed by atoms with van der Waals surface area (Å²) in [7, 11) is 0. The van der Waals surface area contributed by atoms with Crippen LogP contribution in [0.15, 0.2) is 0 Å². The Morgan fingerprint density at radius 1 is 1.09 bits per heavy atom. The van der Waals surface area contributed by atoms with Crippen LogP contribution in [-0.2, 0) is 0 Å². The predicted molar refractivity (Wildman–Crippen MR) is 49.0 cm³/mol. The molecule has 0 radical (unpaired) electrons. The second kappa shape index (κ2) is 6.95. The van der Waals surface area contributed by atoms with Crippen molar-refractivity contribution in [1.29, 1.82) is 0 Å². The molecule has 0 amide bonds. The van der Waals surface area contributed by atoms with Gasteiger partial charge in [-0.05, 0) is 0 Å². The predicted octanol–water partition coefficient (Wildman–Crippen LogP) is -0.0939. The molecule has 0 unspecified atom stereocenters. The quantitative estimate of drug-likeness (QED) is 0.357. The molecule has 2 heteroatoms. The van der Waals surface area contributed by atoms with Crippen LogP contribution >= 0.6 is 0 Å². The molecule has 0 aliphatic heterocycles. The molecule has 0 nitrogen and oxygen atoms in total. The van der Waals surface area contributed by atoms with Gasteiger partial charge in [-0.3, -0.25) is 0 Å². The van der Waals surface area contributed by atoms with Gasteiger partial charge in [0.2, 0.25) is 0 Å². The third-order valence-corrected chi connectivity index (χ3v) is 2.05.